The van der Waals surface area contributed by atoms with Crippen molar-refractivity contribution in [3.63, 3.8) is 0 Å². The van der Waals surface area contributed by atoms with Gasteiger partial charge >= 0.3 is 0 Å². The first-order valence-corrected chi connectivity index (χ1v) is 5.07. The third-order valence-electron chi connectivity index (χ3n) is 1.30. The topological polar surface area (TPSA) is 57.2 Å². The Labute approximate surface area is 85.3 Å². The molecule has 86 valence electrons. The second-order valence-corrected chi connectivity index (χ2v) is 3.90. The summed E-state index contributed by atoms with van der Waals surface area (Å²) < 4.78 is 63.1. The molecule has 0 aliphatic rings. The normalized spacial score (nSPS) is 10.5. The van der Waals surface area contributed by atoms with E-state index in [0.717, 1.165) is 12.1 Å². The Kier molecular flexibility index (Phi) is 5.31. The second kappa shape index (κ2) is 5.72. The molecule has 0 bridgehead atoms. The van der Waals surface area contributed by atoms with E-state index in [0.29, 0.717) is 11.6 Å². The summed E-state index contributed by atoms with van der Waals surface area (Å²) in [6.07, 6.45) is 0. The van der Waals surface area contributed by atoms with Gasteiger partial charge in [0.1, 0.15) is 15.9 Å². The van der Waals surface area contributed by atoms with Crippen molar-refractivity contribution >= 4 is 10.1 Å². The molecule has 0 N–H and O–H groups in total. The van der Waals surface area contributed by atoms with Crippen LogP contribution in [0.3, 0.4) is 0 Å². The van der Waals surface area contributed by atoms with E-state index in [1.54, 1.807) is 0 Å². The molecule has 0 aliphatic heterocycles. The summed E-state index contributed by atoms with van der Waals surface area (Å²) in [4.78, 5) is -0.528. The number of benzene rings is 1. The van der Waals surface area contributed by atoms with E-state index in [1.807, 2.05) is 0 Å². The molecule has 0 atom stereocenters. The van der Waals surface area contributed by atoms with Gasteiger partial charge in [-0.05, 0) is 30.7 Å². The van der Waals surface area contributed by atoms with E-state index in [-0.39, 0.29) is 0 Å². The Morgan fingerprint density at radius 1 is 1.27 bits per heavy atom. The number of hydrogen-bond acceptors (Lipinski definition) is 3. The quantitative estimate of drug-likeness (QED) is 0.706. The number of aryl methyl sites for hydroxylation is 1. The highest BCUT2D eigenvalue weighted by Gasteiger charge is 2.03. The fraction of sp³-hybridized carbons (Fsp3) is 0.250. The summed E-state index contributed by atoms with van der Waals surface area (Å²) >= 11 is 0. The number of alkyl halides is 2. The van der Waals surface area contributed by atoms with Gasteiger partial charge in [0.25, 0.3) is 0 Å². The zero-order valence-corrected chi connectivity index (χ0v) is 8.52. The summed E-state index contributed by atoms with van der Waals surface area (Å²) in [6, 6.07) is 2.98. The molecule has 0 fully saturated rings. The summed E-state index contributed by atoms with van der Waals surface area (Å²) in [6.45, 7) is -0.238. The summed E-state index contributed by atoms with van der Waals surface area (Å²) in [5.41, 5.74) is 0.407. The fourth-order valence-electron chi connectivity index (χ4n) is 0.847. The van der Waals surface area contributed by atoms with Crippen molar-refractivity contribution in [3.8, 4) is 0 Å². The lowest BCUT2D eigenvalue weighted by atomic mass is 10.2. The minimum absolute atomic E-state index is 0.407. The SMILES string of the molecule is Cc1cc(F)cc(S(=O)(=O)[O-])c1.FCF. The fourth-order valence-corrected chi connectivity index (χ4v) is 1.43. The molecule has 0 aliphatic carbocycles. The van der Waals surface area contributed by atoms with Gasteiger partial charge in [-0.3, -0.25) is 0 Å². The number of hydrogen-bond donors (Lipinski definition) is 0. The third kappa shape index (κ3) is 5.38. The maximum Gasteiger partial charge on any atom is 0.229 e. The number of rotatable bonds is 1. The van der Waals surface area contributed by atoms with E-state index in [2.05, 4.69) is 0 Å². The van der Waals surface area contributed by atoms with Crippen LogP contribution >= 0.6 is 0 Å². The van der Waals surface area contributed by atoms with E-state index in [4.69, 9.17) is 0 Å². The van der Waals surface area contributed by atoms with Gasteiger partial charge in [0.15, 0.2) is 0 Å². The molecular weight excluding hydrogens is 233 g/mol. The third-order valence-corrected chi connectivity index (χ3v) is 2.12. The highest BCUT2D eigenvalue weighted by Crippen LogP contribution is 2.12. The highest BCUT2D eigenvalue weighted by molar-refractivity contribution is 7.85. The minimum atomic E-state index is -4.54. The first-order chi connectivity index (χ1) is 6.81. The van der Waals surface area contributed by atoms with Gasteiger partial charge in [0, 0.05) is 0 Å². The molecule has 7 heteroatoms. The molecular formula is C8H8F3O3S-. The molecule has 0 spiro atoms. The molecule has 15 heavy (non-hydrogen) atoms. The monoisotopic (exact) mass is 241 g/mol. The van der Waals surface area contributed by atoms with Gasteiger partial charge in [0.2, 0.25) is 6.93 Å². The van der Waals surface area contributed by atoms with Crippen molar-refractivity contribution in [3.05, 3.63) is 29.6 Å². The molecule has 3 nitrogen and oxygen atoms in total. The van der Waals surface area contributed by atoms with Crippen LogP contribution in [-0.4, -0.2) is 19.9 Å². The van der Waals surface area contributed by atoms with Crippen LogP contribution in [0.15, 0.2) is 23.1 Å². The smallest absolute Gasteiger partial charge is 0.229 e. The zero-order chi connectivity index (χ0) is 12.1. The van der Waals surface area contributed by atoms with Gasteiger partial charge in [-0.2, -0.15) is 0 Å². The van der Waals surface area contributed by atoms with Crippen LogP contribution in [0.2, 0.25) is 0 Å². The van der Waals surface area contributed by atoms with Crippen LogP contribution in [0, 0.1) is 12.7 Å². The Hall–Kier alpha value is -1.08. The molecule has 0 radical (unpaired) electrons. The van der Waals surface area contributed by atoms with Gasteiger partial charge < -0.3 is 4.55 Å². The van der Waals surface area contributed by atoms with E-state index in [1.165, 1.54) is 6.92 Å². The Balaban J connectivity index is 0.000000583. The standard InChI is InChI=1S/C7H7FO3S.CH2F2/c1-5-2-6(8)4-7(3-5)12(9,10)11;2-1-3/h2-4H,1H3,(H,9,10,11);1H2/p-1. The van der Waals surface area contributed by atoms with Crippen LogP contribution in [0.4, 0.5) is 13.2 Å². The van der Waals surface area contributed by atoms with E-state index in [9.17, 15) is 26.1 Å². The second-order valence-electron chi connectivity index (χ2n) is 2.52. The molecule has 0 saturated carbocycles. The average molecular weight is 241 g/mol. The zero-order valence-electron chi connectivity index (χ0n) is 7.71. The van der Waals surface area contributed by atoms with Crippen LogP contribution in [-0.2, 0) is 10.1 Å². The molecule has 0 heterocycles. The molecule has 0 saturated heterocycles. The van der Waals surface area contributed by atoms with Crippen molar-refractivity contribution in [1.82, 2.24) is 0 Å². The largest absolute Gasteiger partial charge is 0.744 e. The van der Waals surface area contributed by atoms with Crippen molar-refractivity contribution in [2.24, 2.45) is 0 Å². The average Bonchev–Trinajstić information content (AvgIpc) is 2.01. The lowest BCUT2D eigenvalue weighted by Gasteiger charge is -2.07. The van der Waals surface area contributed by atoms with Crippen molar-refractivity contribution < 1.29 is 26.1 Å². The first kappa shape index (κ1) is 13.9. The molecule has 1 aromatic rings. The molecule has 0 amide bonds. The molecule has 1 aromatic carbocycles. The lowest BCUT2D eigenvalue weighted by molar-refractivity contribution is 0.295. The molecule has 0 aromatic heterocycles. The van der Waals surface area contributed by atoms with Crippen LogP contribution in [0.25, 0.3) is 0 Å². The summed E-state index contributed by atoms with van der Waals surface area (Å²) in [5.74, 6) is -0.718. The summed E-state index contributed by atoms with van der Waals surface area (Å²) in [7, 11) is -4.54. The van der Waals surface area contributed by atoms with Crippen LogP contribution in [0.1, 0.15) is 5.56 Å². The van der Waals surface area contributed by atoms with Crippen molar-refractivity contribution in [2.45, 2.75) is 11.8 Å². The van der Waals surface area contributed by atoms with Crippen molar-refractivity contribution in [2.75, 3.05) is 6.93 Å². The molecule has 0 unspecified atom stereocenters. The maximum atomic E-state index is 12.6. The summed E-state index contributed by atoms with van der Waals surface area (Å²) in [5, 5.41) is 0. The lowest BCUT2D eigenvalue weighted by Crippen LogP contribution is -1.99. The van der Waals surface area contributed by atoms with Gasteiger partial charge in [-0.25, -0.2) is 21.6 Å². The van der Waals surface area contributed by atoms with Crippen molar-refractivity contribution in [1.29, 1.82) is 0 Å². The Morgan fingerprint density at radius 3 is 2.07 bits per heavy atom. The Morgan fingerprint density at radius 2 is 1.73 bits per heavy atom. The highest BCUT2D eigenvalue weighted by atomic mass is 32.2. The molecule has 1 rings (SSSR count). The van der Waals surface area contributed by atoms with Gasteiger partial charge in [0.05, 0.1) is 4.90 Å². The van der Waals surface area contributed by atoms with Gasteiger partial charge in [-0.1, -0.05) is 0 Å². The van der Waals surface area contributed by atoms with Gasteiger partial charge in [-0.15, -0.1) is 0 Å². The van der Waals surface area contributed by atoms with E-state index >= 15 is 0 Å². The predicted molar refractivity (Wildman–Crippen MR) is 46.2 cm³/mol. The first-order valence-electron chi connectivity index (χ1n) is 3.66. The minimum Gasteiger partial charge on any atom is -0.744 e. The van der Waals surface area contributed by atoms with Crippen LogP contribution in [0.5, 0.6) is 0 Å². The maximum absolute atomic E-state index is 12.6. The van der Waals surface area contributed by atoms with Crippen LogP contribution < -0.4 is 0 Å². The predicted octanol–water partition coefficient (Wildman–Crippen LogP) is 1.92. The number of halogens is 3. The Bertz CT molecular complexity index is 397. The van der Waals surface area contributed by atoms with E-state index < -0.39 is 27.8 Å².